The van der Waals surface area contributed by atoms with Gasteiger partial charge in [0.25, 0.3) is 0 Å². The van der Waals surface area contributed by atoms with Gasteiger partial charge in [-0.2, -0.15) is 0 Å². The third-order valence-electron chi connectivity index (χ3n) is 3.13. The van der Waals surface area contributed by atoms with Gasteiger partial charge in [0.15, 0.2) is 0 Å². The number of hydrogen-bond donors (Lipinski definition) is 2. The highest BCUT2D eigenvalue weighted by Crippen LogP contribution is 2.42. The maximum absolute atomic E-state index is 5.54. The van der Waals surface area contributed by atoms with Crippen LogP contribution in [0.4, 0.5) is 0 Å². The van der Waals surface area contributed by atoms with Crippen molar-refractivity contribution in [3.05, 3.63) is 0 Å². The molecular weight excluding hydrogens is 174 g/mol. The minimum absolute atomic E-state index is 0.317. The van der Waals surface area contributed by atoms with Crippen molar-refractivity contribution in [2.45, 2.75) is 53.0 Å². The lowest BCUT2D eigenvalue weighted by Gasteiger charge is -2.28. The molecule has 1 fully saturated rings. The predicted molar refractivity (Wildman–Crippen MR) is 61.0 cm³/mol. The molecule has 3 heteroatoms. The molecule has 0 saturated heterocycles. The van der Waals surface area contributed by atoms with Crippen molar-refractivity contribution in [3.63, 3.8) is 0 Å². The van der Waals surface area contributed by atoms with Crippen LogP contribution in [0.2, 0.25) is 0 Å². The summed E-state index contributed by atoms with van der Waals surface area (Å²) < 4.78 is 0. The Kier molecular flexibility index (Phi) is 3.53. The van der Waals surface area contributed by atoms with Gasteiger partial charge in [-0.05, 0) is 32.1 Å². The molecule has 3 nitrogen and oxygen atoms in total. The molecule has 0 aromatic carbocycles. The highest BCUT2D eigenvalue weighted by Gasteiger charge is 2.37. The van der Waals surface area contributed by atoms with Crippen LogP contribution in [0.1, 0.15) is 47.0 Å². The lowest BCUT2D eigenvalue weighted by molar-refractivity contribution is 0.321. The first-order chi connectivity index (χ1) is 6.47. The first kappa shape index (κ1) is 11.5. The second kappa shape index (κ2) is 4.30. The Morgan fingerprint density at radius 3 is 2.50 bits per heavy atom. The second-order valence-corrected chi connectivity index (χ2v) is 5.19. The van der Waals surface area contributed by atoms with Crippen LogP contribution >= 0.6 is 0 Å². The third-order valence-corrected chi connectivity index (χ3v) is 3.13. The Morgan fingerprint density at radius 1 is 1.50 bits per heavy atom. The molecule has 0 aromatic heterocycles. The van der Waals surface area contributed by atoms with E-state index in [0.29, 0.717) is 17.4 Å². The standard InChI is InChI=1S/C11H23N3/c1-8(2)13-10(14-12)9-6-5-7-11(9,3)4/h8-9H,5-7,12H2,1-4H3,(H,13,14). The average Bonchev–Trinajstić information content (AvgIpc) is 2.41. The summed E-state index contributed by atoms with van der Waals surface area (Å²) in [5.74, 6) is 7.04. The number of hydrogen-bond acceptors (Lipinski definition) is 2. The van der Waals surface area contributed by atoms with E-state index in [2.05, 4.69) is 38.1 Å². The topological polar surface area (TPSA) is 50.4 Å². The Hall–Kier alpha value is -0.570. The SMILES string of the molecule is CC(C)N=C(NN)C1CCCC1(C)C. The largest absolute Gasteiger partial charge is 0.312 e. The number of nitrogens with one attached hydrogen (secondary N) is 1. The Labute approximate surface area is 87.1 Å². The van der Waals surface area contributed by atoms with Crippen molar-refractivity contribution in [2.24, 2.45) is 22.2 Å². The van der Waals surface area contributed by atoms with Gasteiger partial charge in [0, 0.05) is 12.0 Å². The zero-order chi connectivity index (χ0) is 10.8. The smallest absolute Gasteiger partial charge is 0.114 e. The van der Waals surface area contributed by atoms with Gasteiger partial charge in [0.1, 0.15) is 5.84 Å². The minimum Gasteiger partial charge on any atom is -0.312 e. The highest BCUT2D eigenvalue weighted by atomic mass is 15.3. The normalized spacial score (nSPS) is 27.0. The molecule has 0 radical (unpaired) electrons. The number of hydrazine groups is 1. The van der Waals surface area contributed by atoms with E-state index in [4.69, 9.17) is 5.84 Å². The number of aliphatic imine (C=N–C) groups is 1. The first-order valence-electron chi connectivity index (χ1n) is 5.51. The average molecular weight is 197 g/mol. The van der Waals surface area contributed by atoms with Crippen molar-refractivity contribution < 1.29 is 0 Å². The van der Waals surface area contributed by atoms with Crippen LogP contribution in [-0.4, -0.2) is 11.9 Å². The van der Waals surface area contributed by atoms with Gasteiger partial charge >= 0.3 is 0 Å². The van der Waals surface area contributed by atoms with Crippen LogP contribution in [0.3, 0.4) is 0 Å². The van der Waals surface area contributed by atoms with E-state index in [1.807, 2.05) is 0 Å². The van der Waals surface area contributed by atoms with E-state index in [0.717, 1.165) is 5.84 Å². The molecule has 0 aliphatic heterocycles. The highest BCUT2D eigenvalue weighted by molar-refractivity contribution is 5.85. The number of nitrogens with two attached hydrogens (primary N) is 1. The molecule has 3 N–H and O–H groups in total. The van der Waals surface area contributed by atoms with Crippen LogP contribution in [-0.2, 0) is 0 Å². The summed E-state index contributed by atoms with van der Waals surface area (Å²) in [5, 5.41) is 0. The molecule has 1 atom stereocenters. The van der Waals surface area contributed by atoms with Crippen LogP contribution < -0.4 is 11.3 Å². The van der Waals surface area contributed by atoms with Crippen molar-refractivity contribution >= 4 is 5.84 Å². The monoisotopic (exact) mass is 197 g/mol. The quantitative estimate of drug-likeness (QED) is 0.308. The molecule has 1 unspecified atom stereocenters. The van der Waals surface area contributed by atoms with E-state index in [1.165, 1.54) is 19.3 Å². The van der Waals surface area contributed by atoms with Gasteiger partial charge in [-0.3, -0.25) is 4.99 Å². The molecule has 0 spiro atoms. The van der Waals surface area contributed by atoms with Crippen LogP contribution in [0.15, 0.2) is 4.99 Å². The van der Waals surface area contributed by atoms with E-state index in [-0.39, 0.29) is 0 Å². The van der Waals surface area contributed by atoms with Gasteiger partial charge in [-0.25, -0.2) is 5.84 Å². The van der Waals surface area contributed by atoms with Gasteiger partial charge in [0.05, 0.1) is 0 Å². The van der Waals surface area contributed by atoms with Gasteiger partial charge in [-0.15, -0.1) is 0 Å². The molecule has 1 saturated carbocycles. The summed E-state index contributed by atoms with van der Waals surface area (Å²) in [4.78, 5) is 4.55. The van der Waals surface area contributed by atoms with Gasteiger partial charge in [0.2, 0.25) is 0 Å². The molecule has 1 rings (SSSR count). The van der Waals surface area contributed by atoms with E-state index in [9.17, 15) is 0 Å². The summed E-state index contributed by atoms with van der Waals surface area (Å²) >= 11 is 0. The summed E-state index contributed by atoms with van der Waals surface area (Å²) in [6, 6.07) is 0.317. The van der Waals surface area contributed by atoms with Crippen LogP contribution in [0, 0.1) is 11.3 Å². The Balaban J connectivity index is 2.79. The Bertz CT molecular complexity index is 219. The molecule has 82 valence electrons. The molecule has 0 amide bonds. The van der Waals surface area contributed by atoms with E-state index >= 15 is 0 Å². The fourth-order valence-corrected chi connectivity index (χ4v) is 2.34. The molecule has 0 heterocycles. The summed E-state index contributed by atoms with van der Waals surface area (Å²) in [5.41, 5.74) is 3.13. The zero-order valence-electron chi connectivity index (χ0n) is 9.80. The number of rotatable bonds is 2. The fourth-order valence-electron chi connectivity index (χ4n) is 2.34. The minimum atomic E-state index is 0.317. The third kappa shape index (κ3) is 2.47. The molecule has 1 aliphatic rings. The molecule has 14 heavy (non-hydrogen) atoms. The summed E-state index contributed by atoms with van der Waals surface area (Å²) in [6.45, 7) is 8.77. The molecule has 0 bridgehead atoms. The summed E-state index contributed by atoms with van der Waals surface area (Å²) in [7, 11) is 0. The van der Waals surface area contributed by atoms with Crippen LogP contribution in [0.25, 0.3) is 0 Å². The van der Waals surface area contributed by atoms with Crippen molar-refractivity contribution in [1.82, 2.24) is 5.43 Å². The maximum atomic E-state index is 5.54. The first-order valence-corrected chi connectivity index (χ1v) is 5.51. The van der Waals surface area contributed by atoms with Gasteiger partial charge in [-0.1, -0.05) is 20.3 Å². The summed E-state index contributed by atoms with van der Waals surface area (Å²) in [6.07, 6.45) is 3.77. The number of amidine groups is 1. The molecular formula is C11H23N3. The fraction of sp³-hybridized carbons (Fsp3) is 0.909. The van der Waals surface area contributed by atoms with E-state index in [1.54, 1.807) is 0 Å². The number of nitrogens with zero attached hydrogens (tertiary/aromatic N) is 1. The maximum Gasteiger partial charge on any atom is 0.114 e. The van der Waals surface area contributed by atoms with Crippen molar-refractivity contribution in [1.29, 1.82) is 0 Å². The second-order valence-electron chi connectivity index (χ2n) is 5.19. The van der Waals surface area contributed by atoms with E-state index < -0.39 is 0 Å². The van der Waals surface area contributed by atoms with Crippen molar-refractivity contribution in [3.8, 4) is 0 Å². The van der Waals surface area contributed by atoms with Crippen molar-refractivity contribution in [2.75, 3.05) is 0 Å². The molecule has 0 aromatic rings. The zero-order valence-corrected chi connectivity index (χ0v) is 9.80. The van der Waals surface area contributed by atoms with Gasteiger partial charge < -0.3 is 5.43 Å². The molecule has 1 aliphatic carbocycles. The lowest BCUT2D eigenvalue weighted by Crippen LogP contribution is -2.40. The van der Waals surface area contributed by atoms with Crippen LogP contribution in [0.5, 0.6) is 0 Å². The predicted octanol–water partition coefficient (Wildman–Crippen LogP) is 2.08. The Morgan fingerprint density at radius 2 is 2.14 bits per heavy atom. The lowest BCUT2D eigenvalue weighted by atomic mass is 9.81.